The summed E-state index contributed by atoms with van der Waals surface area (Å²) in [6, 6.07) is 16.3. The van der Waals surface area contributed by atoms with Crippen LogP contribution in [0.25, 0.3) is 0 Å². The Bertz CT molecular complexity index is 523. The van der Waals surface area contributed by atoms with Gasteiger partial charge in [-0.3, -0.25) is 4.79 Å². The fraction of sp³-hybridized carbons (Fsp3) is 0.133. The van der Waals surface area contributed by atoms with Gasteiger partial charge in [0, 0.05) is 12.1 Å². The van der Waals surface area contributed by atoms with Crippen molar-refractivity contribution < 1.29 is 9.90 Å². The van der Waals surface area contributed by atoms with Gasteiger partial charge in [0.15, 0.2) is 0 Å². The molecule has 0 fully saturated rings. The lowest BCUT2D eigenvalue weighted by molar-refractivity contribution is 0.0953. The van der Waals surface area contributed by atoms with Gasteiger partial charge in [-0.05, 0) is 30.2 Å². The molecular formula is C15H15NO2. The van der Waals surface area contributed by atoms with E-state index in [-0.39, 0.29) is 11.7 Å². The minimum Gasteiger partial charge on any atom is -0.508 e. The minimum atomic E-state index is -0.165. The molecule has 2 N–H and O–H groups in total. The van der Waals surface area contributed by atoms with Crippen LogP contribution in [0.1, 0.15) is 15.9 Å². The van der Waals surface area contributed by atoms with E-state index in [9.17, 15) is 9.90 Å². The first-order valence-electron chi connectivity index (χ1n) is 5.87. The smallest absolute Gasteiger partial charge is 0.251 e. The molecule has 92 valence electrons. The quantitative estimate of drug-likeness (QED) is 0.863. The predicted molar refractivity (Wildman–Crippen MR) is 70.6 cm³/mol. The van der Waals surface area contributed by atoms with Gasteiger partial charge < -0.3 is 10.4 Å². The zero-order valence-electron chi connectivity index (χ0n) is 9.97. The normalized spacial score (nSPS) is 10.0. The van der Waals surface area contributed by atoms with Crippen molar-refractivity contribution in [3.05, 3.63) is 65.7 Å². The molecule has 0 aliphatic heterocycles. The van der Waals surface area contributed by atoms with Crippen LogP contribution in [0, 0.1) is 0 Å². The second kappa shape index (κ2) is 5.87. The van der Waals surface area contributed by atoms with E-state index in [4.69, 9.17) is 0 Å². The van der Waals surface area contributed by atoms with Crippen LogP contribution in [-0.2, 0) is 6.42 Å². The lowest BCUT2D eigenvalue weighted by atomic mass is 10.1. The number of benzene rings is 2. The first-order valence-corrected chi connectivity index (χ1v) is 5.87. The van der Waals surface area contributed by atoms with E-state index in [1.165, 1.54) is 11.6 Å². The van der Waals surface area contributed by atoms with E-state index >= 15 is 0 Å². The predicted octanol–water partition coefficient (Wildman–Crippen LogP) is 2.36. The number of phenolic OH excluding ortho intramolecular Hbond substituents is 1. The first-order chi connectivity index (χ1) is 8.75. The van der Waals surface area contributed by atoms with Crippen molar-refractivity contribution in [1.29, 1.82) is 0 Å². The number of aromatic hydroxyl groups is 1. The summed E-state index contributed by atoms with van der Waals surface area (Å²) >= 11 is 0. The number of nitrogens with one attached hydrogen (secondary N) is 1. The van der Waals surface area contributed by atoms with Gasteiger partial charge in [-0.2, -0.15) is 0 Å². The Morgan fingerprint density at radius 2 is 1.83 bits per heavy atom. The molecular weight excluding hydrogens is 226 g/mol. The number of hydrogen-bond donors (Lipinski definition) is 2. The Kier molecular flexibility index (Phi) is 3.97. The summed E-state index contributed by atoms with van der Waals surface area (Å²) in [6.07, 6.45) is 0.797. The molecule has 0 heterocycles. The molecule has 0 saturated heterocycles. The van der Waals surface area contributed by atoms with Gasteiger partial charge in [0.1, 0.15) is 5.75 Å². The highest BCUT2D eigenvalue weighted by Gasteiger charge is 2.04. The molecule has 0 radical (unpaired) electrons. The Balaban J connectivity index is 1.86. The Labute approximate surface area is 106 Å². The summed E-state index contributed by atoms with van der Waals surface area (Å²) in [5, 5.41) is 12.1. The van der Waals surface area contributed by atoms with Gasteiger partial charge >= 0.3 is 0 Å². The standard InChI is InChI=1S/C15H15NO2/c17-14-8-4-7-13(11-14)15(18)16-10-9-12-5-2-1-3-6-12/h1-8,11,17H,9-10H2,(H,16,18). The van der Waals surface area contributed by atoms with E-state index in [2.05, 4.69) is 5.32 Å². The minimum absolute atomic E-state index is 0.103. The van der Waals surface area contributed by atoms with Crippen LogP contribution in [-0.4, -0.2) is 17.6 Å². The van der Waals surface area contributed by atoms with E-state index < -0.39 is 0 Å². The molecule has 0 aliphatic carbocycles. The van der Waals surface area contributed by atoms with Crippen molar-refractivity contribution in [3.63, 3.8) is 0 Å². The molecule has 0 saturated carbocycles. The monoisotopic (exact) mass is 241 g/mol. The van der Waals surface area contributed by atoms with Crippen molar-refractivity contribution in [3.8, 4) is 5.75 Å². The molecule has 3 heteroatoms. The molecule has 2 aromatic carbocycles. The van der Waals surface area contributed by atoms with Crippen molar-refractivity contribution >= 4 is 5.91 Å². The number of carbonyl (C=O) groups is 1. The average Bonchev–Trinajstić information content (AvgIpc) is 2.40. The van der Waals surface area contributed by atoms with Gasteiger partial charge in [-0.25, -0.2) is 0 Å². The maximum Gasteiger partial charge on any atom is 0.251 e. The molecule has 0 aliphatic rings. The summed E-state index contributed by atoms with van der Waals surface area (Å²) in [6.45, 7) is 0.582. The van der Waals surface area contributed by atoms with Gasteiger partial charge in [0.05, 0.1) is 0 Å². The van der Waals surface area contributed by atoms with Crippen LogP contribution in [0.2, 0.25) is 0 Å². The van der Waals surface area contributed by atoms with Gasteiger partial charge in [0.2, 0.25) is 0 Å². The summed E-state index contributed by atoms with van der Waals surface area (Å²) in [5.41, 5.74) is 1.66. The highest BCUT2D eigenvalue weighted by Crippen LogP contribution is 2.10. The lowest BCUT2D eigenvalue weighted by Gasteiger charge is -2.05. The fourth-order valence-corrected chi connectivity index (χ4v) is 1.71. The number of rotatable bonds is 4. The third-order valence-corrected chi connectivity index (χ3v) is 2.65. The van der Waals surface area contributed by atoms with Gasteiger partial charge in [-0.1, -0.05) is 36.4 Å². The summed E-state index contributed by atoms with van der Waals surface area (Å²) in [4.78, 5) is 11.8. The summed E-state index contributed by atoms with van der Waals surface area (Å²) in [5.74, 6) is -0.0625. The molecule has 2 aromatic rings. The largest absolute Gasteiger partial charge is 0.508 e. The topological polar surface area (TPSA) is 49.3 Å². The number of hydrogen-bond acceptors (Lipinski definition) is 2. The summed E-state index contributed by atoms with van der Waals surface area (Å²) in [7, 11) is 0. The number of carbonyl (C=O) groups excluding carboxylic acids is 1. The molecule has 2 rings (SSSR count). The fourth-order valence-electron chi connectivity index (χ4n) is 1.71. The van der Waals surface area contributed by atoms with E-state index in [0.29, 0.717) is 12.1 Å². The summed E-state index contributed by atoms with van der Waals surface area (Å²) < 4.78 is 0. The molecule has 0 spiro atoms. The third-order valence-electron chi connectivity index (χ3n) is 2.65. The molecule has 18 heavy (non-hydrogen) atoms. The Hall–Kier alpha value is -2.29. The van der Waals surface area contributed by atoms with Crippen LogP contribution in [0.4, 0.5) is 0 Å². The first kappa shape index (κ1) is 12.2. The van der Waals surface area contributed by atoms with Crippen LogP contribution in [0.5, 0.6) is 5.75 Å². The van der Waals surface area contributed by atoms with E-state index in [0.717, 1.165) is 6.42 Å². The molecule has 0 unspecified atom stereocenters. The molecule has 0 atom stereocenters. The van der Waals surface area contributed by atoms with Crippen molar-refractivity contribution in [1.82, 2.24) is 5.32 Å². The van der Waals surface area contributed by atoms with Crippen LogP contribution < -0.4 is 5.32 Å². The van der Waals surface area contributed by atoms with Gasteiger partial charge in [0.25, 0.3) is 5.91 Å². The SMILES string of the molecule is O=C(NCCc1ccccc1)c1cccc(O)c1. The highest BCUT2D eigenvalue weighted by atomic mass is 16.3. The van der Waals surface area contributed by atoms with Crippen LogP contribution in [0.15, 0.2) is 54.6 Å². The lowest BCUT2D eigenvalue weighted by Crippen LogP contribution is -2.25. The number of phenols is 1. The molecule has 0 bridgehead atoms. The Morgan fingerprint density at radius 3 is 2.56 bits per heavy atom. The third kappa shape index (κ3) is 3.35. The number of amides is 1. The zero-order chi connectivity index (χ0) is 12.8. The van der Waals surface area contributed by atoms with Crippen LogP contribution in [0.3, 0.4) is 0 Å². The van der Waals surface area contributed by atoms with Crippen molar-refractivity contribution in [2.24, 2.45) is 0 Å². The second-order valence-corrected chi connectivity index (χ2v) is 4.04. The molecule has 1 amide bonds. The van der Waals surface area contributed by atoms with Gasteiger partial charge in [-0.15, -0.1) is 0 Å². The molecule has 3 nitrogen and oxygen atoms in total. The van der Waals surface area contributed by atoms with E-state index in [1.54, 1.807) is 18.2 Å². The second-order valence-electron chi connectivity index (χ2n) is 4.04. The Morgan fingerprint density at radius 1 is 1.06 bits per heavy atom. The average molecular weight is 241 g/mol. The maximum atomic E-state index is 11.8. The molecule has 0 aromatic heterocycles. The van der Waals surface area contributed by atoms with Crippen molar-refractivity contribution in [2.75, 3.05) is 6.54 Å². The maximum absolute atomic E-state index is 11.8. The van der Waals surface area contributed by atoms with Crippen molar-refractivity contribution in [2.45, 2.75) is 6.42 Å². The van der Waals surface area contributed by atoms with E-state index in [1.807, 2.05) is 30.3 Å². The highest BCUT2D eigenvalue weighted by molar-refractivity contribution is 5.94. The van der Waals surface area contributed by atoms with Crippen LogP contribution >= 0.6 is 0 Å². The zero-order valence-corrected chi connectivity index (χ0v) is 9.97.